The molecule has 4 aromatic rings. The van der Waals surface area contributed by atoms with E-state index in [1.807, 2.05) is 48.7 Å². The topological polar surface area (TPSA) is 93.6 Å². The second kappa shape index (κ2) is 7.06. The van der Waals surface area contributed by atoms with Gasteiger partial charge in [-0.3, -0.25) is 0 Å². The Bertz CT molecular complexity index is 1180. The van der Waals surface area contributed by atoms with Crippen LogP contribution < -0.4 is 4.90 Å². The largest absolute Gasteiger partial charge is 0.475 e. The lowest BCUT2D eigenvalue weighted by Gasteiger charge is -2.28. The highest BCUT2D eigenvalue weighted by molar-refractivity contribution is 5.95. The molecule has 0 spiro atoms. The molecule has 0 aliphatic carbocycles. The lowest BCUT2D eigenvalue weighted by atomic mass is 10.2. The van der Waals surface area contributed by atoms with Crippen molar-refractivity contribution in [3.63, 3.8) is 0 Å². The van der Waals surface area contributed by atoms with Gasteiger partial charge in [-0.2, -0.15) is 5.10 Å². The molecule has 8 heteroatoms. The van der Waals surface area contributed by atoms with Crippen molar-refractivity contribution in [2.24, 2.45) is 0 Å². The predicted molar refractivity (Wildman–Crippen MR) is 107 cm³/mol. The first-order valence-corrected chi connectivity index (χ1v) is 9.31. The number of carboxylic acids is 1. The highest BCUT2D eigenvalue weighted by Gasteiger charge is 2.22. The van der Waals surface area contributed by atoms with E-state index in [1.165, 1.54) is 6.07 Å². The average Bonchev–Trinajstić information content (AvgIpc) is 3.42. The molecule has 0 saturated carbocycles. The molecule has 8 nitrogen and oxygen atoms in total. The molecule has 146 valence electrons. The Kier molecular flexibility index (Phi) is 4.25. The highest BCUT2D eigenvalue weighted by Crippen LogP contribution is 2.31. The number of anilines is 1. The van der Waals surface area contributed by atoms with E-state index in [2.05, 4.69) is 15.0 Å². The number of aromatic carboxylic acids is 1. The van der Waals surface area contributed by atoms with Crippen LogP contribution in [0.1, 0.15) is 10.6 Å². The maximum absolute atomic E-state index is 11.4. The molecule has 0 atom stereocenters. The fourth-order valence-corrected chi connectivity index (χ4v) is 3.47. The first kappa shape index (κ1) is 17.4. The van der Waals surface area contributed by atoms with Gasteiger partial charge in [-0.15, -0.1) is 0 Å². The molecule has 1 fully saturated rings. The number of furan rings is 1. The van der Waals surface area contributed by atoms with Crippen LogP contribution in [0.15, 0.2) is 59.1 Å². The van der Waals surface area contributed by atoms with E-state index in [0.717, 1.165) is 16.9 Å². The number of morpholine rings is 1. The smallest absolute Gasteiger partial charge is 0.371 e. The molecule has 1 aromatic carbocycles. The van der Waals surface area contributed by atoms with Crippen LogP contribution in [0.4, 0.5) is 5.69 Å². The van der Waals surface area contributed by atoms with E-state index in [-0.39, 0.29) is 5.76 Å². The van der Waals surface area contributed by atoms with Gasteiger partial charge in [0.05, 0.1) is 24.6 Å². The second-order valence-electron chi connectivity index (χ2n) is 6.74. The average molecular weight is 390 g/mol. The Balaban J connectivity index is 1.62. The number of aromatic nitrogens is 3. The molecule has 0 amide bonds. The Morgan fingerprint density at radius 2 is 1.86 bits per heavy atom. The van der Waals surface area contributed by atoms with Crippen molar-refractivity contribution in [2.75, 3.05) is 31.2 Å². The Labute approximate surface area is 165 Å². The molecule has 1 N–H and O–H groups in total. The molecule has 0 unspecified atom stereocenters. The lowest BCUT2D eigenvalue weighted by molar-refractivity contribution is 0.0665. The van der Waals surface area contributed by atoms with Crippen LogP contribution in [0.5, 0.6) is 0 Å². The van der Waals surface area contributed by atoms with Crippen molar-refractivity contribution < 1.29 is 19.1 Å². The van der Waals surface area contributed by atoms with Gasteiger partial charge in [0.15, 0.2) is 11.4 Å². The normalized spacial score (nSPS) is 14.4. The van der Waals surface area contributed by atoms with Gasteiger partial charge >= 0.3 is 5.97 Å². The summed E-state index contributed by atoms with van der Waals surface area (Å²) in [4.78, 5) is 18.1. The summed E-state index contributed by atoms with van der Waals surface area (Å²) in [6.45, 7) is 2.59. The molecule has 3 aromatic heterocycles. The van der Waals surface area contributed by atoms with Crippen molar-refractivity contribution in [3.8, 4) is 17.1 Å². The minimum Gasteiger partial charge on any atom is -0.475 e. The Morgan fingerprint density at radius 1 is 1.07 bits per heavy atom. The van der Waals surface area contributed by atoms with Gasteiger partial charge in [0.25, 0.3) is 0 Å². The number of ether oxygens (including phenoxy) is 1. The van der Waals surface area contributed by atoms with Gasteiger partial charge in [0.2, 0.25) is 5.76 Å². The van der Waals surface area contributed by atoms with Gasteiger partial charge in [0.1, 0.15) is 5.52 Å². The predicted octanol–water partition coefficient (Wildman–Crippen LogP) is 3.22. The molecule has 1 aliphatic heterocycles. The van der Waals surface area contributed by atoms with Crippen LogP contribution in [-0.4, -0.2) is 52.1 Å². The fourth-order valence-electron chi connectivity index (χ4n) is 3.47. The zero-order chi connectivity index (χ0) is 19.8. The number of fused-ring (bicyclic) bond motifs is 1. The maximum Gasteiger partial charge on any atom is 0.371 e. The van der Waals surface area contributed by atoms with Crippen molar-refractivity contribution in [2.45, 2.75) is 0 Å². The second-order valence-corrected chi connectivity index (χ2v) is 6.74. The van der Waals surface area contributed by atoms with Crippen LogP contribution in [0.25, 0.3) is 28.2 Å². The highest BCUT2D eigenvalue weighted by atomic mass is 16.5. The Morgan fingerprint density at radius 3 is 2.62 bits per heavy atom. The number of rotatable bonds is 4. The number of hydrogen-bond acceptors (Lipinski definition) is 6. The van der Waals surface area contributed by atoms with Crippen LogP contribution in [-0.2, 0) is 4.74 Å². The van der Waals surface area contributed by atoms with Gasteiger partial charge in [-0.25, -0.2) is 14.5 Å². The van der Waals surface area contributed by atoms with Crippen LogP contribution in [0.2, 0.25) is 0 Å². The van der Waals surface area contributed by atoms with E-state index >= 15 is 0 Å². The van der Waals surface area contributed by atoms with Gasteiger partial charge in [-0.1, -0.05) is 30.3 Å². The molecule has 0 radical (unpaired) electrons. The Hall–Kier alpha value is -3.65. The van der Waals surface area contributed by atoms with Crippen LogP contribution in [0.3, 0.4) is 0 Å². The first-order valence-electron chi connectivity index (χ1n) is 9.31. The number of carboxylic acid groups (broad SMARTS) is 1. The van der Waals surface area contributed by atoms with Crippen molar-refractivity contribution in [1.29, 1.82) is 0 Å². The number of carbonyl (C=O) groups is 1. The minimum atomic E-state index is -1.12. The summed E-state index contributed by atoms with van der Waals surface area (Å²) in [5.74, 6) is -0.661. The van der Waals surface area contributed by atoms with Crippen LogP contribution in [0, 0.1) is 0 Å². The number of nitrogens with zero attached hydrogens (tertiary/aromatic N) is 4. The SMILES string of the molecule is O=C(O)c1cc2nc(-n3ccc(-c4ccccc4)n3)cc(N3CCOCC3)c2o1. The molecule has 5 rings (SSSR count). The van der Waals surface area contributed by atoms with Crippen molar-refractivity contribution in [1.82, 2.24) is 14.8 Å². The quantitative estimate of drug-likeness (QED) is 0.572. The van der Waals surface area contributed by atoms with E-state index in [9.17, 15) is 9.90 Å². The van der Waals surface area contributed by atoms with Gasteiger partial charge in [-0.05, 0) is 6.07 Å². The minimum absolute atomic E-state index is 0.135. The molecule has 4 heterocycles. The van der Waals surface area contributed by atoms with Gasteiger partial charge in [0, 0.05) is 37.0 Å². The summed E-state index contributed by atoms with van der Waals surface area (Å²) in [5, 5.41) is 14.0. The molecular formula is C21H18N4O4. The van der Waals surface area contributed by atoms with E-state index in [4.69, 9.17) is 9.15 Å². The number of pyridine rings is 1. The third-order valence-electron chi connectivity index (χ3n) is 4.90. The monoisotopic (exact) mass is 390 g/mol. The van der Waals surface area contributed by atoms with E-state index in [0.29, 0.717) is 43.2 Å². The zero-order valence-corrected chi connectivity index (χ0v) is 15.5. The van der Waals surface area contributed by atoms with Crippen LogP contribution >= 0.6 is 0 Å². The van der Waals surface area contributed by atoms with Gasteiger partial charge < -0.3 is 19.2 Å². The maximum atomic E-state index is 11.4. The summed E-state index contributed by atoms with van der Waals surface area (Å²) in [6.07, 6.45) is 1.85. The summed E-state index contributed by atoms with van der Waals surface area (Å²) in [6, 6.07) is 15.1. The fraction of sp³-hybridized carbons (Fsp3) is 0.190. The summed E-state index contributed by atoms with van der Waals surface area (Å²) >= 11 is 0. The van der Waals surface area contributed by atoms with Crippen molar-refractivity contribution in [3.05, 3.63) is 60.5 Å². The molecular weight excluding hydrogens is 372 g/mol. The summed E-state index contributed by atoms with van der Waals surface area (Å²) in [5.41, 5.74) is 3.58. The molecule has 1 saturated heterocycles. The molecule has 1 aliphatic rings. The van der Waals surface area contributed by atoms with E-state index in [1.54, 1.807) is 4.68 Å². The third kappa shape index (κ3) is 3.23. The first-order chi connectivity index (χ1) is 14.2. The number of hydrogen-bond donors (Lipinski definition) is 1. The lowest BCUT2D eigenvalue weighted by Crippen LogP contribution is -2.36. The zero-order valence-electron chi connectivity index (χ0n) is 15.5. The standard InChI is InChI=1S/C21H18N4O4/c26-21(27)18-12-16-20(29-18)17(24-8-10-28-11-9-24)13-19(22-16)25-7-6-15(23-25)14-4-2-1-3-5-14/h1-7,12-13H,8-11H2,(H,26,27). The summed E-state index contributed by atoms with van der Waals surface area (Å²) < 4.78 is 12.7. The van der Waals surface area contributed by atoms with Crippen molar-refractivity contribution >= 4 is 22.8 Å². The molecule has 0 bridgehead atoms. The third-order valence-corrected chi connectivity index (χ3v) is 4.90. The molecule has 29 heavy (non-hydrogen) atoms. The number of benzene rings is 1. The summed E-state index contributed by atoms with van der Waals surface area (Å²) in [7, 11) is 0. The van der Waals surface area contributed by atoms with E-state index < -0.39 is 5.97 Å².